The van der Waals surface area contributed by atoms with Gasteiger partial charge in [-0.15, -0.1) is 12.4 Å². The molecule has 0 bridgehead atoms. The quantitative estimate of drug-likeness (QED) is 0.569. The van der Waals surface area contributed by atoms with Crippen LogP contribution in [0, 0.1) is 0 Å². The predicted molar refractivity (Wildman–Crippen MR) is 37.1 cm³/mol. The van der Waals surface area contributed by atoms with Crippen molar-refractivity contribution in [3.05, 3.63) is 0 Å². The highest BCUT2D eigenvalue weighted by Gasteiger charge is 2.05. The second kappa shape index (κ2) is 4.13. The lowest BCUT2D eigenvalue weighted by Crippen LogP contribution is -2.29. The zero-order valence-corrected chi connectivity index (χ0v) is 6.00. The second-order valence-electron chi connectivity index (χ2n) is 1.84. The molecule has 0 atom stereocenters. The van der Waals surface area contributed by atoms with E-state index in [-0.39, 0.29) is 12.4 Å². The summed E-state index contributed by atoms with van der Waals surface area (Å²) in [6, 6.07) is 0. The van der Waals surface area contributed by atoms with Gasteiger partial charge in [0, 0.05) is 19.6 Å². The van der Waals surface area contributed by atoms with Crippen LogP contribution in [0.15, 0.2) is 0 Å². The maximum Gasteiger partial charge on any atom is 0.0143 e. The van der Waals surface area contributed by atoms with Gasteiger partial charge >= 0.3 is 0 Å². The fourth-order valence-corrected chi connectivity index (χ4v) is 0.856. The zero-order chi connectivity index (χ0) is 5.11. The van der Waals surface area contributed by atoms with Crippen LogP contribution in [0.5, 0.6) is 0 Å². The molecule has 1 saturated heterocycles. The van der Waals surface area contributed by atoms with Crippen molar-refractivity contribution in [3.8, 4) is 0 Å². The lowest BCUT2D eigenvalue weighted by Gasteiger charge is -2.09. The maximum absolute atomic E-state index is 3.24. The standard InChI is InChI=1S/C5H12N2.ClH/c1-2-7-5-3-4-6-7;/h6H,2-5H2,1H3;1H. The van der Waals surface area contributed by atoms with Crippen LogP contribution in [0.4, 0.5) is 0 Å². The summed E-state index contributed by atoms with van der Waals surface area (Å²) < 4.78 is 0. The Hall–Kier alpha value is 0.210. The van der Waals surface area contributed by atoms with E-state index in [1.807, 2.05) is 0 Å². The Kier molecular flexibility index (Phi) is 4.23. The van der Waals surface area contributed by atoms with Crippen LogP contribution < -0.4 is 5.43 Å². The molecule has 0 amide bonds. The third-order valence-electron chi connectivity index (χ3n) is 1.32. The highest BCUT2D eigenvalue weighted by atomic mass is 35.5. The molecule has 1 rings (SSSR count). The Labute approximate surface area is 56.6 Å². The van der Waals surface area contributed by atoms with Gasteiger partial charge in [0.05, 0.1) is 0 Å². The van der Waals surface area contributed by atoms with Crippen molar-refractivity contribution >= 4 is 12.4 Å². The summed E-state index contributed by atoms with van der Waals surface area (Å²) in [6.07, 6.45) is 1.31. The van der Waals surface area contributed by atoms with Gasteiger partial charge in [-0.25, -0.2) is 5.01 Å². The lowest BCUT2D eigenvalue weighted by molar-refractivity contribution is 0.268. The van der Waals surface area contributed by atoms with Crippen LogP contribution in [-0.2, 0) is 0 Å². The lowest BCUT2D eigenvalue weighted by atomic mass is 10.5. The predicted octanol–water partition coefficient (Wildman–Crippen LogP) is 0.638. The Morgan fingerprint density at radius 3 is 2.62 bits per heavy atom. The van der Waals surface area contributed by atoms with Gasteiger partial charge in [0.1, 0.15) is 0 Å². The van der Waals surface area contributed by atoms with E-state index in [1.54, 1.807) is 0 Å². The molecular weight excluding hydrogens is 124 g/mol. The van der Waals surface area contributed by atoms with Crippen molar-refractivity contribution < 1.29 is 0 Å². The van der Waals surface area contributed by atoms with E-state index in [2.05, 4.69) is 17.4 Å². The third-order valence-corrected chi connectivity index (χ3v) is 1.32. The molecule has 0 aromatic carbocycles. The number of hydrogen-bond acceptors (Lipinski definition) is 2. The molecule has 1 heterocycles. The summed E-state index contributed by atoms with van der Waals surface area (Å²) in [7, 11) is 0. The average Bonchev–Trinajstić information content (AvgIpc) is 2.14. The molecule has 0 aromatic rings. The summed E-state index contributed by atoms with van der Waals surface area (Å²) >= 11 is 0. The van der Waals surface area contributed by atoms with Gasteiger partial charge in [-0.2, -0.15) is 0 Å². The molecule has 2 nitrogen and oxygen atoms in total. The van der Waals surface area contributed by atoms with Crippen molar-refractivity contribution in [2.45, 2.75) is 13.3 Å². The molecule has 0 saturated carbocycles. The Morgan fingerprint density at radius 2 is 2.38 bits per heavy atom. The van der Waals surface area contributed by atoms with Gasteiger partial charge in [0.15, 0.2) is 0 Å². The summed E-state index contributed by atoms with van der Waals surface area (Å²) in [5.74, 6) is 0. The van der Waals surface area contributed by atoms with Crippen molar-refractivity contribution in [2.75, 3.05) is 19.6 Å². The molecule has 0 aliphatic carbocycles. The van der Waals surface area contributed by atoms with Crippen molar-refractivity contribution in [1.82, 2.24) is 10.4 Å². The van der Waals surface area contributed by atoms with Crippen molar-refractivity contribution in [1.29, 1.82) is 0 Å². The van der Waals surface area contributed by atoms with E-state index in [1.165, 1.54) is 19.5 Å². The first-order chi connectivity index (χ1) is 3.43. The van der Waals surface area contributed by atoms with Crippen LogP contribution in [0.1, 0.15) is 13.3 Å². The SMILES string of the molecule is CCN1CCCN1.Cl. The number of nitrogens with zero attached hydrogens (tertiary/aromatic N) is 1. The molecule has 0 spiro atoms. The van der Waals surface area contributed by atoms with Gasteiger partial charge in [-0.05, 0) is 6.42 Å². The topological polar surface area (TPSA) is 15.3 Å². The maximum atomic E-state index is 3.24. The molecule has 0 unspecified atom stereocenters. The van der Waals surface area contributed by atoms with E-state index in [0.717, 1.165) is 6.54 Å². The highest BCUT2D eigenvalue weighted by Crippen LogP contribution is 1.92. The normalized spacial score (nSPS) is 20.6. The highest BCUT2D eigenvalue weighted by molar-refractivity contribution is 5.85. The van der Waals surface area contributed by atoms with Gasteiger partial charge in [-0.3, -0.25) is 5.43 Å². The number of rotatable bonds is 1. The minimum absolute atomic E-state index is 0. The third kappa shape index (κ3) is 1.99. The smallest absolute Gasteiger partial charge is 0.0143 e. The molecule has 50 valence electrons. The first kappa shape index (κ1) is 8.21. The molecule has 1 fully saturated rings. The van der Waals surface area contributed by atoms with E-state index >= 15 is 0 Å². The number of hydrogen-bond donors (Lipinski definition) is 1. The number of hydrazine groups is 1. The minimum Gasteiger partial charge on any atom is -0.255 e. The van der Waals surface area contributed by atoms with Gasteiger partial charge in [-0.1, -0.05) is 6.92 Å². The van der Waals surface area contributed by atoms with Crippen LogP contribution in [-0.4, -0.2) is 24.6 Å². The summed E-state index contributed by atoms with van der Waals surface area (Å²) in [5, 5.41) is 2.24. The molecule has 0 aromatic heterocycles. The van der Waals surface area contributed by atoms with E-state index in [9.17, 15) is 0 Å². The Bertz CT molecular complexity index is 52.4. The van der Waals surface area contributed by atoms with Gasteiger partial charge < -0.3 is 0 Å². The fraction of sp³-hybridized carbons (Fsp3) is 1.00. The van der Waals surface area contributed by atoms with E-state index < -0.39 is 0 Å². The van der Waals surface area contributed by atoms with Crippen LogP contribution in [0.25, 0.3) is 0 Å². The van der Waals surface area contributed by atoms with Crippen molar-refractivity contribution in [2.24, 2.45) is 0 Å². The summed E-state index contributed by atoms with van der Waals surface area (Å²) in [4.78, 5) is 0. The minimum atomic E-state index is 0. The molecule has 1 aliphatic rings. The number of nitrogens with one attached hydrogen (secondary N) is 1. The number of halogens is 1. The molecule has 1 N–H and O–H groups in total. The molecule has 1 aliphatic heterocycles. The monoisotopic (exact) mass is 136 g/mol. The summed E-state index contributed by atoms with van der Waals surface area (Å²) in [6.45, 7) is 5.71. The summed E-state index contributed by atoms with van der Waals surface area (Å²) in [5.41, 5.74) is 3.24. The molecule has 8 heavy (non-hydrogen) atoms. The zero-order valence-electron chi connectivity index (χ0n) is 5.18. The Balaban J connectivity index is 0.000000490. The average molecular weight is 137 g/mol. The van der Waals surface area contributed by atoms with Crippen LogP contribution in [0.2, 0.25) is 0 Å². The first-order valence-corrected chi connectivity index (χ1v) is 2.92. The molecule has 0 radical (unpaired) electrons. The van der Waals surface area contributed by atoms with Gasteiger partial charge in [0.2, 0.25) is 0 Å². The van der Waals surface area contributed by atoms with E-state index in [0.29, 0.717) is 0 Å². The Morgan fingerprint density at radius 1 is 1.62 bits per heavy atom. The largest absolute Gasteiger partial charge is 0.255 e. The molecule has 3 heteroatoms. The molecular formula is C5H13ClN2. The van der Waals surface area contributed by atoms with Crippen molar-refractivity contribution in [3.63, 3.8) is 0 Å². The fourth-order valence-electron chi connectivity index (χ4n) is 0.856. The van der Waals surface area contributed by atoms with E-state index in [4.69, 9.17) is 0 Å². The van der Waals surface area contributed by atoms with Crippen LogP contribution in [0.3, 0.4) is 0 Å². The van der Waals surface area contributed by atoms with Crippen LogP contribution >= 0.6 is 12.4 Å². The van der Waals surface area contributed by atoms with Gasteiger partial charge in [0.25, 0.3) is 0 Å². The second-order valence-corrected chi connectivity index (χ2v) is 1.84. The first-order valence-electron chi connectivity index (χ1n) is 2.92.